The van der Waals surface area contributed by atoms with Crippen LogP contribution in [0.3, 0.4) is 0 Å². The lowest BCUT2D eigenvalue weighted by Crippen LogP contribution is -2.45. The first-order valence-corrected chi connectivity index (χ1v) is 9.38. The molecule has 0 aliphatic carbocycles. The average molecular weight is 341 g/mol. The van der Waals surface area contributed by atoms with Crippen molar-refractivity contribution in [3.05, 3.63) is 24.3 Å². The highest BCUT2D eigenvalue weighted by Gasteiger charge is 2.20. The summed E-state index contributed by atoms with van der Waals surface area (Å²) in [7, 11) is 0. The minimum Gasteiger partial charge on any atom is -0.328 e. The summed E-state index contributed by atoms with van der Waals surface area (Å²) in [6.45, 7) is 13.3. The van der Waals surface area contributed by atoms with Crippen molar-refractivity contribution in [3.8, 4) is 0 Å². The zero-order valence-corrected chi connectivity index (χ0v) is 16.5. The molecule has 4 nitrogen and oxygen atoms in total. The van der Waals surface area contributed by atoms with Crippen LogP contribution in [0.2, 0.25) is 0 Å². The van der Waals surface area contributed by atoms with Gasteiger partial charge in [0.25, 0.3) is 0 Å². The number of amides is 2. The van der Waals surface area contributed by atoms with Gasteiger partial charge in [-0.25, -0.2) is 4.79 Å². The van der Waals surface area contributed by atoms with Gasteiger partial charge in [0.1, 0.15) is 0 Å². The maximum Gasteiger partial charge on any atom is 0.319 e. The van der Waals surface area contributed by atoms with E-state index < -0.39 is 6.04 Å². The Labute approximate surface area is 145 Å². The molecule has 0 bridgehead atoms. The monoisotopic (exact) mass is 340 g/mol. The van der Waals surface area contributed by atoms with Gasteiger partial charge in [-0.2, -0.15) is 0 Å². The molecule has 0 saturated heterocycles. The number of hydrogen-bond acceptors (Lipinski definition) is 3. The number of rotatable bonds is 5. The maximum atomic E-state index is 11.9. The fourth-order valence-electron chi connectivity index (χ4n) is 1.75. The summed E-state index contributed by atoms with van der Waals surface area (Å²) in [6.07, 6.45) is 1.98. The number of thioether (sulfide) groups is 1. The lowest BCUT2D eigenvalue weighted by molar-refractivity contribution is -0.119. The van der Waals surface area contributed by atoms with Crippen molar-refractivity contribution in [2.24, 2.45) is 5.92 Å². The fourth-order valence-corrected chi connectivity index (χ4v) is 2.21. The molecule has 0 spiro atoms. The van der Waals surface area contributed by atoms with Crippen molar-refractivity contribution in [1.82, 2.24) is 5.32 Å². The first kappa shape index (κ1) is 23.8. The van der Waals surface area contributed by atoms with Crippen LogP contribution in [-0.2, 0) is 4.79 Å². The lowest BCUT2D eigenvalue weighted by Gasteiger charge is -2.19. The van der Waals surface area contributed by atoms with Crippen molar-refractivity contribution in [1.29, 1.82) is 0 Å². The van der Waals surface area contributed by atoms with E-state index in [2.05, 4.69) is 10.6 Å². The predicted molar refractivity (Wildman–Crippen MR) is 102 cm³/mol. The Morgan fingerprint density at radius 3 is 2.09 bits per heavy atom. The molecule has 1 atom stereocenters. The molecule has 23 heavy (non-hydrogen) atoms. The number of ketones is 1. The van der Waals surface area contributed by atoms with Gasteiger partial charge in [-0.1, -0.05) is 47.6 Å². The van der Waals surface area contributed by atoms with E-state index in [1.54, 1.807) is 11.8 Å². The van der Waals surface area contributed by atoms with Crippen LogP contribution in [0.25, 0.3) is 0 Å². The standard InChI is InChI=1S/C14H20N2O2S.2C2H6/c1-9(2)13(10(3)17)16-14(18)15-11-6-5-7-12(8-11)19-4;2*1-2/h5-9,13H,1-4H3,(H2,15,16,18);2*1-2H3. The summed E-state index contributed by atoms with van der Waals surface area (Å²) in [5.74, 6) is 0.0313. The Balaban J connectivity index is 0. The number of Topliss-reactive ketones (excluding diaryl/α,β-unsaturated/α-hetero) is 1. The second-order valence-corrected chi connectivity index (χ2v) is 5.54. The predicted octanol–water partition coefficient (Wildman–Crippen LogP) is 5.20. The fraction of sp³-hybridized carbons (Fsp3) is 0.556. The quantitative estimate of drug-likeness (QED) is 0.725. The number of benzene rings is 1. The number of hydrogen-bond donors (Lipinski definition) is 2. The molecule has 2 amide bonds. The van der Waals surface area contributed by atoms with Gasteiger partial charge < -0.3 is 10.6 Å². The number of anilines is 1. The van der Waals surface area contributed by atoms with Crippen molar-refractivity contribution in [3.63, 3.8) is 0 Å². The summed E-state index contributed by atoms with van der Waals surface area (Å²) >= 11 is 1.61. The minimum absolute atomic E-state index is 0.0389. The Kier molecular flexibility index (Phi) is 14.6. The molecular formula is C18H32N2O2S. The third-order valence-corrected chi connectivity index (χ3v) is 3.44. The largest absolute Gasteiger partial charge is 0.328 e. The van der Waals surface area contributed by atoms with E-state index in [-0.39, 0.29) is 17.7 Å². The van der Waals surface area contributed by atoms with Gasteiger partial charge in [-0.3, -0.25) is 4.79 Å². The van der Waals surface area contributed by atoms with Crippen molar-refractivity contribution in [2.45, 2.75) is 59.4 Å². The highest BCUT2D eigenvalue weighted by molar-refractivity contribution is 7.98. The van der Waals surface area contributed by atoms with Crippen LogP contribution in [-0.4, -0.2) is 24.1 Å². The zero-order valence-electron chi connectivity index (χ0n) is 15.7. The first-order chi connectivity index (χ1) is 10.9. The van der Waals surface area contributed by atoms with Crippen LogP contribution in [0.15, 0.2) is 29.2 Å². The smallest absolute Gasteiger partial charge is 0.319 e. The number of nitrogens with one attached hydrogen (secondary N) is 2. The van der Waals surface area contributed by atoms with Gasteiger partial charge in [-0.05, 0) is 37.3 Å². The average Bonchev–Trinajstić information content (AvgIpc) is 2.56. The summed E-state index contributed by atoms with van der Waals surface area (Å²) in [5, 5.41) is 5.44. The van der Waals surface area contributed by atoms with Crippen LogP contribution in [0.4, 0.5) is 10.5 Å². The third-order valence-electron chi connectivity index (χ3n) is 2.72. The molecule has 1 aromatic carbocycles. The molecule has 1 aromatic rings. The van der Waals surface area contributed by atoms with Crippen molar-refractivity contribution in [2.75, 3.05) is 11.6 Å². The second-order valence-electron chi connectivity index (χ2n) is 4.66. The molecular weight excluding hydrogens is 308 g/mol. The van der Waals surface area contributed by atoms with E-state index in [0.717, 1.165) is 10.6 Å². The van der Waals surface area contributed by atoms with E-state index in [1.807, 2.05) is 72.1 Å². The maximum absolute atomic E-state index is 11.9. The van der Waals surface area contributed by atoms with E-state index in [0.29, 0.717) is 0 Å². The topological polar surface area (TPSA) is 58.2 Å². The molecule has 132 valence electrons. The number of urea groups is 1. The summed E-state index contributed by atoms with van der Waals surface area (Å²) < 4.78 is 0. The summed E-state index contributed by atoms with van der Waals surface area (Å²) in [5.41, 5.74) is 0.718. The second kappa shape index (κ2) is 14.1. The van der Waals surface area contributed by atoms with Gasteiger partial charge >= 0.3 is 6.03 Å². The molecule has 5 heteroatoms. The van der Waals surface area contributed by atoms with Gasteiger partial charge in [0, 0.05) is 10.6 Å². The molecule has 0 aromatic heterocycles. The highest BCUT2D eigenvalue weighted by Crippen LogP contribution is 2.18. The molecule has 0 radical (unpaired) electrons. The molecule has 0 fully saturated rings. The molecule has 0 aliphatic rings. The number of carbonyl (C=O) groups is 2. The summed E-state index contributed by atoms with van der Waals surface area (Å²) in [6, 6.07) is 6.75. The van der Waals surface area contributed by atoms with Crippen LogP contribution < -0.4 is 10.6 Å². The van der Waals surface area contributed by atoms with Crippen molar-refractivity contribution < 1.29 is 9.59 Å². The van der Waals surface area contributed by atoms with Gasteiger partial charge in [-0.15, -0.1) is 11.8 Å². The highest BCUT2D eigenvalue weighted by atomic mass is 32.2. The first-order valence-electron chi connectivity index (χ1n) is 8.16. The molecule has 1 rings (SSSR count). The number of carbonyl (C=O) groups excluding carboxylic acids is 2. The Morgan fingerprint density at radius 1 is 1.09 bits per heavy atom. The van der Waals surface area contributed by atoms with Crippen molar-refractivity contribution >= 4 is 29.3 Å². The third kappa shape index (κ3) is 10.00. The molecule has 0 aliphatic heterocycles. The minimum atomic E-state index is -0.455. The molecule has 2 N–H and O–H groups in total. The zero-order chi connectivity index (χ0) is 18.4. The van der Waals surface area contributed by atoms with E-state index in [9.17, 15) is 9.59 Å². The van der Waals surface area contributed by atoms with E-state index in [1.165, 1.54) is 6.92 Å². The Hall–Kier alpha value is -1.49. The lowest BCUT2D eigenvalue weighted by atomic mass is 10.0. The normalized spacial score (nSPS) is 10.5. The van der Waals surface area contributed by atoms with E-state index in [4.69, 9.17) is 0 Å². The van der Waals surface area contributed by atoms with Gasteiger partial charge in [0.05, 0.1) is 6.04 Å². The van der Waals surface area contributed by atoms with Crippen LogP contribution >= 0.6 is 11.8 Å². The van der Waals surface area contributed by atoms with Crippen LogP contribution in [0.5, 0.6) is 0 Å². The van der Waals surface area contributed by atoms with Crippen LogP contribution in [0, 0.1) is 5.92 Å². The molecule has 0 saturated carbocycles. The SMILES string of the molecule is CC.CC.CSc1cccc(NC(=O)NC(C(C)=O)C(C)C)c1. The Bertz CT molecular complexity index is 462. The van der Waals surface area contributed by atoms with Gasteiger partial charge in [0.2, 0.25) is 0 Å². The van der Waals surface area contributed by atoms with Gasteiger partial charge in [0.15, 0.2) is 5.78 Å². The molecule has 1 unspecified atom stereocenters. The molecule has 0 heterocycles. The Morgan fingerprint density at radius 2 is 1.65 bits per heavy atom. The van der Waals surface area contributed by atoms with Crippen LogP contribution in [0.1, 0.15) is 48.5 Å². The van der Waals surface area contributed by atoms with E-state index >= 15 is 0 Å². The summed E-state index contributed by atoms with van der Waals surface area (Å²) in [4.78, 5) is 24.4.